The molecule has 1 heterocycles. The van der Waals surface area contributed by atoms with Gasteiger partial charge in [-0.25, -0.2) is 4.39 Å². The molecular weight excluding hydrogens is 387 g/mol. The zero-order valence-electron chi connectivity index (χ0n) is 17.3. The molecule has 0 bridgehead atoms. The van der Waals surface area contributed by atoms with Crippen LogP contribution in [-0.2, 0) is 14.3 Å². The Hall–Kier alpha value is -2.93. The number of carbonyl (C=O) groups excluding carboxylic acids is 2. The molecule has 1 aliphatic rings. The third-order valence-corrected chi connectivity index (χ3v) is 5.32. The molecule has 30 heavy (non-hydrogen) atoms. The predicted octanol–water partition coefficient (Wildman–Crippen LogP) is 3.47. The van der Waals surface area contributed by atoms with E-state index in [1.807, 2.05) is 0 Å². The molecule has 160 valence electrons. The van der Waals surface area contributed by atoms with E-state index in [0.717, 1.165) is 5.56 Å². The molecule has 0 radical (unpaired) electrons. The Morgan fingerprint density at radius 1 is 1.13 bits per heavy atom. The Bertz CT molecular complexity index is 855. The predicted molar refractivity (Wildman–Crippen MR) is 112 cm³/mol. The van der Waals surface area contributed by atoms with Gasteiger partial charge in [0.1, 0.15) is 11.6 Å². The largest absolute Gasteiger partial charge is 0.497 e. The number of rotatable bonds is 8. The Balaban J connectivity index is 1.94. The molecule has 2 aromatic carbocycles. The first-order chi connectivity index (χ1) is 14.5. The van der Waals surface area contributed by atoms with Gasteiger partial charge < -0.3 is 19.7 Å². The Kier molecular flexibility index (Phi) is 7.41. The van der Waals surface area contributed by atoms with Gasteiger partial charge in [-0.15, -0.1) is 0 Å². The van der Waals surface area contributed by atoms with Crippen molar-refractivity contribution in [2.45, 2.75) is 25.3 Å². The number of piperidine rings is 1. The third-order valence-electron chi connectivity index (χ3n) is 5.32. The number of ether oxygens (including phenoxy) is 2. The number of methoxy groups -OCH3 is 2. The van der Waals surface area contributed by atoms with Crippen molar-refractivity contribution in [3.8, 4) is 5.75 Å². The maximum atomic E-state index is 13.5. The summed E-state index contributed by atoms with van der Waals surface area (Å²) < 4.78 is 23.8. The minimum atomic E-state index is -0.525. The van der Waals surface area contributed by atoms with Gasteiger partial charge in [0, 0.05) is 32.4 Å². The lowest BCUT2D eigenvalue weighted by Crippen LogP contribution is -2.48. The van der Waals surface area contributed by atoms with Crippen LogP contribution in [0.4, 0.5) is 10.1 Å². The average Bonchev–Trinajstić information content (AvgIpc) is 2.77. The van der Waals surface area contributed by atoms with Crippen LogP contribution in [-0.4, -0.2) is 39.2 Å². The Morgan fingerprint density at radius 3 is 2.47 bits per heavy atom. The molecule has 2 aromatic rings. The van der Waals surface area contributed by atoms with Gasteiger partial charge in [0.05, 0.1) is 19.1 Å². The smallest absolute Gasteiger partial charge is 0.227 e. The fourth-order valence-electron chi connectivity index (χ4n) is 3.81. The van der Waals surface area contributed by atoms with E-state index in [1.165, 1.54) is 12.1 Å². The van der Waals surface area contributed by atoms with Crippen molar-refractivity contribution in [1.29, 1.82) is 0 Å². The number of nitrogens with zero attached hydrogens (tertiary/aromatic N) is 1. The summed E-state index contributed by atoms with van der Waals surface area (Å²) in [5.41, 5.74) is 1.39. The topological polar surface area (TPSA) is 67.9 Å². The van der Waals surface area contributed by atoms with E-state index in [2.05, 4.69) is 5.32 Å². The fourth-order valence-corrected chi connectivity index (χ4v) is 3.81. The van der Waals surface area contributed by atoms with Gasteiger partial charge in [-0.3, -0.25) is 9.59 Å². The van der Waals surface area contributed by atoms with Gasteiger partial charge >= 0.3 is 0 Å². The number of benzene rings is 2. The summed E-state index contributed by atoms with van der Waals surface area (Å²) in [4.78, 5) is 27.6. The van der Waals surface area contributed by atoms with Crippen molar-refractivity contribution in [2.24, 2.45) is 5.92 Å². The molecule has 1 fully saturated rings. The van der Waals surface area contributed by atoms with Crippen molar-refractivity contribution in [2.75, 3.05) is 32.3 Å². The van der Waals surface area contributed by atoms with Crippen LogP contribution >= 0.6 is 0 Å². The number of hydrogen-bond acceptors (Lipinski definition) is 4. The van der Waals surface area contributed by atoms with E-state index in [1.54, 1.807) is 55.5 Å². The van der Waals surface area contributed by atoms with Gasteiger partial charge in [-0.2, -0.15) is 0 Å². The lowest BCUT2D eigenvalue weighted by molar-refractivity contribution is -0.129. The molecule has 0 saturated carbocycles. The summed E-state index contributed by atoms with van der Waals surface area (Å²) >= 11 is 0. The van der Waals surface area contributed by atoms with Crippen molar-refractivity contribution in [3.63, 3.8) is 0 Å². The summed E-state index contributed by atoms with van der Waals surface area (Å²) in [7, 11) is 3.19. The number of amides is 2. The number of anilines is 1. The van der Waals surface area contributed by atoms with E-state index in [4.69, 9.17) is 9.47 Å². The van der Waals surface area contributed by atoms with Crippen molar-refractivity contribution < 1.29 is 23.5 Å². The van der Waals surface area contributed by atoms with Crippen LogP contribution in [0.25, 0.3) is 0 Å². The normalized spacial score (nSPS) is 18.9. The second-order valence-electron chi connectivity index (χ2n) is 7.24. The van der Waals surface area contributed by atoms with Crippen LogP contribution in [0, 0.1) is 11.7 Å². The van der Waals surface area contributed by atoms with Gasteiger partial charge in [-0.1, -0.05) is 12.1 Å². The van der Waals surface area contributed by atoms with E-state index in [-0.39, 0.29) is 24.1 Å². The highest BCUT2D eigenvalue weighted by atomic mass is 19.1. The number of carbonyl (C=O) groups is 2. The standard InChI is InChI=1S/C23H27FN2O4/c1-29-15-3-14-25-23(28)20-12-13-21(27)26(18-8-10-19(30-2)11-9-18)22(20)16-4-6-17(24)7-5-16/h4-11,20,22H,3,12-15H2,1-2H3,(H,25,28)/t20-,22+/m0/s1. The maximum absolute atomic E-state index is 13.5. The molecule has 0 spiro atoms. The SMILES string of the molecule is COCCCNC(=O)[C@H]1CCC(=O)N(c2ccc(OC)cc2)[C@@H]1c1ccc(F)cc1. The quantitative estimate of drug-likeness (QED) is 0.672. The zero-order chi connectivity index (χ0) is 21.5. The summed E-state index contributed by atoms with van der Waals surface area (Å²) in [6, 6.07) is 12.6. The van der Waals surface area contributed by atoms with Crippen molar-refractivity contribution in [1.82, 2.24) is 5.32 Å². The van der Waals surface area contributed by atoms with E-state index in [0.29, 0.717) is 37.4 Å². The first-order valence-electron chi connectivity index (χ1n) is 10.0. The third kappa shape index (κ3) is 4.97. The van der Waals surface area contributed by atoms with E-state index >= 15 is 0 Å². The van der Waals surface area contributed by atoms with Crippen LogP contribution in [0.5, 0.6) is 5.75 Å². The lowest BCUT2D eigenvalue weighted by Gasteiger charge is -2.41. The average molecular weight is 414 g/mol. The van der Waals surface area contributed by atoms with Crippen LogP contribution in [0.15, 0.2) is 48.5 Å². The van der Waals surface area contributed by atoms with Crippen LogP contribution in [0.1, 0.15) is 30.9 Å². The number of hydrogen-bond donors (Lipinski definition) is 1. The number of nitrogens with one attached hydrogen (secondary N) is 1. The van der Waals surface area contributed by atoms with Crippen LogP contribution in [0.3, 0.4) is 0 Å². The molecule has 1 N–H and O–H groups in total. The van der Waals surface area contributed by atoms with Gasteiger partial charge in [0.25, 0.3) is 0 Å². The Morgan fingerprint density at radius 2 is 1.83 bits per heavy atom. The minimum Gasteiger partial charge on any atom is -0.497 e. The van der Waals surface area contributed by atoms with Crippen molar-refractivity contribution in [3.05, 3.63) is 59.9 Å². The summed E-state index contributed by atoms with van der Waals surface area (Å²) in [6.07, 6.45) is 1.40. The lowest BCUT2D eigenvalue weighted by atomic mass is 9.83. The van der Waals surface area contributed by atoms with Crippen molar-refractivity contribution >= 4 is 17.5 Å². The zero-order valence-corrected chi connectivity index (χ0v) is 17.3. The molecule has 0 unspecified atom stereocenters. The van der Waals surface area contributed by atoms with E-state index < -0.39 is 12.0 Å². The first-order valence-corrected chi connectivity index (χ1v) is 10.0. The van der Waals surface area contributed by atoms with Crippen LogP contribution < -0.4 is 15.0 Å². The minimum absolute atomic E-state index is 0.0714. The second-order valence-corrected chi connectivity index (χ2v) is 7.24. The molecule has 0 aliphatic carbocycles. The molecule has 1 aliphatic heterocycles. The highest BCUT2D eigenvalue weighted by Gasteiger charge is 2.41. The maximum Gasteiger partial charge on any atom is 0.227 e. The van der Waals surface area contributed by atoms with E-state index in [9.17, 15) is 14.0 Å². The highest BCUT2D eigenvalue weighted by molar-refractivity contribution is 5.97. The molecule has 0 aromatic heterocycles. The molecule has 3 rings (SSSR count). The molecule has 2 atom stereocenters. The van der Waals surface area contributed by atoms with Crippen LogP contribution in [0.2, 0.25) is 0 Å². The molecular formula is C23H27FN2O4. The molecule has 2 amide bonds. The van der Waals surface area contributed by atoms with Gasteiger partial charge in [0.15, 0.2) is 0 Å². The monoisotopic (exact) mass is 414 g/mol. The summed E-state index contributed by atoms with van der Waals surface area (Å²) in [5.74, 6) is -0.325. The Labute approximate surface area is 176 Å². The number of halogens is 1. The van der Waals surface area contributed by atoms with Gasteiger partial charge in [-0.05, 0) is 54.8 Å². The second kappa shape index (κ2) is 10.2. The van der Waals surface area contributed by atoms with Gasteiger partial charge in [0.2, 0.25) is 11.8 Å². The molecule has 6 nitrogen and oxygen atoms in total. The first kappa shape index (κ1) is 21.8. The molecule has 1 saturated heterocycles. The summed E-state index contributed by atoms with van der Waals surface area (Å²) in [5, 5.41) is 2.95. The highest BCUT2D eigenvalue weighted by Crippen LogP contribution is 2.40. The summed E-state index contributed by atoms with van der Waals surface area (Å²) in [6.45, 7) is 1.05. The fraction of sp³-hybridized carbons (Fsp3) is 0.391. The molecule has 7 heteroatoms.